The van der Waals surface area contributed by atoms with E-state index in [1.54, 1.807) is 0 Å². The van der Waals surface area contributed by atoms with E-state index in [0.717, 1.165) is 38.3 Å². The van der Waals surface area contributed by atoms with Gasteiger partial charge < -0.3 is 14.6 Å². The molecule has 4 nitrogen and oxygen atoms in total. The van der Waals surface area contributed by atoms with Gasteiger partial charge in [-0.1, -0.05) is 6.07 Å². The SMILES string of the molecule is Cc1cc2c(cc1C)C(NCCCn1ccnc1)CCO2. The zero-order valence-electron chi connectivity index (χ0n) is 12.8. The molecule has 112 valence electrons. The van der Waals surface area contributed by atoms with Crippen molar-refractivity contribution < 1.29 is 4.74 Å². The highest BCUT2D eigenvalue weighted by atomic mass is 16.5. The number of hydrogen-bond donors (Lipinski definition) is 1. The molecular weight excluding hydrogens is 262 g/mol. The van der Waals surface area contributed by atoms with E-state index in [-0.39, 0.29) is 0 Å². The number of benzene rings is 1. The Bertz CT molecular complexity index is 592. The standard InChI is InChI=1S/C17H23N3O/c1-13-10-15-16(4-9-21-17(15)11-14(13)2)19-5-3-7-20-8-6-18-12-20/h6,8,10-12,16,19H,3-5,7,9H2,1-2H3. The summed E-state index contributed by atoms with van der Waals surface area (Å²) >= 11 is 0. The lowest BCUT2D eigenvalue weighted by molar-refractivity contribution is 0.252. The number of nitrogens with one attached hydrogen (secondary N) is 1. The molecule has 0 saturated carbocycles. The Labute approximate surface area is 126 Å². The van der Waals surface area contributed by atoms with Crippen LogP contribution in [0, 0.1) is 13.8 Å². The van der Waals surface area contributed by atoms with Crippen molar-refractivity contribution in [3.8, 4) is 5.75 Å². The summed E-state index contributed by atoms with van der Waals surface area (Å²) < 4.78 is 7.92. The molecule has 0 spiro atoms. The molecular formula is C17H23N3O. The van der Waals surface area contributed by atoms with E-state index >= 15 is 0 Å². The van der Waals surface area contributed by atoms with Crippen molar-refractivity contribution in [2.24, 2.45) is 0 Å². The third-order valence-electron chi connectivity index (χ3n) is 4.21. The van der Waals surface area contributed by atoms with Crippen LogP contribution in [0.1, 0.15) is 35.6 Å². The predicted octanol–water partition coefficient (Wildman–Crippen LogP) is 3.00. The molecule has 4 heteroatoms. The van der Waals surface area contributed by atoms with Crippen LogP contribution in [-0.2, 0) is 6.54 Å². The number of aromatic nitrogens is 2. The summed E-state index contributed by atoms with van der Waals surface area (Å²) in [6.45, 7) is 7.13. The lowest BCUT2D eigenvalue weighted by atomic mass is 9.96. The molecule has 1 atom stereocenters. The van der Waals surface area contributed by atoms with Gasteiger partial charge >= 0.3 is 0 Å². The maximum Gasteiger partial charge on any atom is 0.124 e. The second-order valence-corrected chi connectivity index (χ2v) is 5.77. The molecule has 1 aliphatic rings. The minimum absolute atomic E-state index is 0.413. The highest BCUT2D eigenvalue weighted by molar-refractivity contribution is 5.44. The number of rotatable bonds is 5. The van der Waals surface area contributed by atoms with Gasteiger partial charge in [0.25, 0.3) is 0 Å². The summed E-state index contributed by atoms with van der Waals surface area (Å²) in [6.07, 6.45) is 7.85. The minimum atomic E-state index is 0.413. The highest BCUT2D eigenvalue weighted by Crippen LogP contribution is 2.34. The van der Waals surface area contributed by atoms with Crippen LogP contribution in [-0.4, -0.2) is 22.7 Å². The number of fused-ring (bicyclic) bond motifs is 1. The lowest BCUT2D eigenvalue weighted by Crippen LogP contribution is -2.28. The topological polar surface area (TPSA) is 39.1 Å². The van der Waals surface area contributed by atoms with Crippen molar-refractivity contribution in [3.05, 3.63) is 47.5 Å². The van der Waals surface area contributed by atoms with Crippen molar-refractivity contribution in [1.82, 2.24) is 14.9 Å². The fourth-order valence-electron chi connectivity index (χ4n) is 2.82. The second-order valence-electron chi connectivity index (χ2n) is 5.77. The molecule has 1 aromatic heterocycles. The van der Waals surface area contributed by atoms with Gasteiger partial charge in [-0.2, -0.15) is 0 Å². The maximum absolute atomic E-state index is 5.80. The number of imidazole rings is 1. The molecule has 2 aromatic rings. The number of aryl methyl sites for hydroxylation is 3. The third kappa shape index (κ3) is 3.27. The zero-order valence-corrected chi connectivity index (χ0v) is 12.8. The van der Waals surface area contributed by atoms with Crippen molar-refractivity contribution in [3.63, 3.8) is 0 Å². The van der Waals surface area contributed by atoms with Crippen LogP contribution in [0.15, 0.2) is 30.9 Å². The Morgan fingerprint density at radius 2 is 2.19 bits per heavy atom. The Morgan fingerprint density at radius 1 is 1.33 bits per heavy atom. The summed E-state index contributed by atoms with van der Waals surface area (Å²) in [6, 6.07) is 4.86. The number of nitrogens with zero attached hydrogens (tertiary/aromatic N) is 2. The van der Waals surface area contributed by atoms with Crippen molar-refractivity contribution >= 4 is 0 Å². The first-order chi connectivity index (χ1) is 10.2. The van der Waals surface area contributed by atoms with E-state index < -0.39 is 0 Å². The molecule has 0 saturated heterocycles. The van der Waals surface area contributed by atoms with E-state index in [1.807, 2.05) is 18.7 Å². The van der Waals surface area contributed by atoms with Crippen molar-refractivity contribution in [2.75, 3.05) is 13.2 Å². The van der Waals surface area contributed by atoms with Gasteiger partial charge in [0.2, 0.25) is 0 Å². The van der Waals surface area contributed by atoms with E-state index in [4.69, 9.17) is 4.74 Å². The summed E-state index contributed by atoms with van der Waals surface area (Å²) in [5.41, 5.74) is 3.95. The third-order valence-corrected chi connectivity index (χ3v) is 4.21. The van der Waals surface area contributed by atoms with Crippen LogP contribution in [0.25, 0.3) is 0 Å². The summed E-state index contributed by atoms with van der Waals surface area (Å²) in [5, 5.41) is 3.67. The first kappa shape index (κ1) is 14.1. The van der Waals surface area contributed by atoms with E-state index in [1.165, 1.54) is 16.7 Å². The Hall–Kier alpha value is -1.81. The molecule has 0 radical (unpaired) electrons. The monoisotopic (exact) mass is 285 g/mol. The van der Waals surface area contributed by atoms with E-state index in [9.17, 15) is 0 Å². The fourth-order valence-corrected chi connectivity index (χ4v) is 2.82. The first-order valence-electron chi connectivity index (χ1n) is 7.67. The Balaban J connectivity index is 1.58. The normalized spacial score (nSPS) is 17.3. The molecule has 3 rings (SSSR count). The van der Waals surface area contributed by atoms with Crippen LogP contribution in [0.4, 0.5) is 0 Å². The molecule has 0 bridgehead atoms. The summed E-state index contributed by atoms with van der Waals surface area (Å²) in [7, 11) is 0. The van der Waals surface area contributed by atoms with Gasteiger partial charge in [0.15, 0.2) is 0 Å². The van der Waals surface area contributed by atoms with Crippen molar-refractivity contribution in [2.45, 2.75) is 39.3 Å². The molecule has 1 aliphatic heterocycles. The van der Waals surface area contributed by atoms with E-state index in [2.05, 4.69) is 40.8 Å². The second kappa shape index (κ2) is 6.31. The molecule has 1 N–H and O–H groups in total. The fraction of sp³-hybridized carbons (Fsp3) is 0.471. The summed E-state index contributed by atoms with van der Waals surface area (Å²) in [5.74, 6) is 1.05. The van der Waals surface area contributed by atoms with Crippen LogP contribution in [0.3, 0.4) is 0 Å². The van der Waals surface area contributed by atoms with Crippen LogP contribution >= 0.6 is 0 Å². The molecule has 2 heterocycles. The van der Waals surface area contributed by atoms with Gasteiger partial charge in [-0.3, -0.25) is 0 Å². The molecule has 0 aliphatic carbocycles. The minimum Gasteiger partial charge on any atom is -0.493 e. The van der Waals surface area contributed by atoms with Crippen LogP contribution < -0.4 is 10.1 Å². The predicted molar refractivity (Wildman–Crippen MR) is 83.6 cm³/mol. The molecule has 1 unspecified atom stereocenters. The van der Waals surface area contributed by atoms with Gasteiger partial charge in [-0.25, -0.2) is 4.98 Å². The van der Waals surface area contributed by atoms with E-state index in [0.29, 0.717) is 6.04 Å². The first-order valence-corrected chi connectivity index (χ1v) is 7.67. The molecule has 0 fully saturated rings. The van der Waals surface area contributed by atoms with Gasteiger partial charge in [0.1, 0.15) is 5.75 Å². The van der Waals surface area contributed by atoms with Gasteiger partial charge in [-0.05, 0) is 44.0 Å². The Morgan fingerprint density at radius 3 is 3.00 bits per heavy atom. The van der Waals surface area contributed by atoms with Gasteiger partial charge in [0.05, 0.1) is 12.9 Å². The van der Waals surface area contributed by atoms with Crippen LogP contribution in [0.5, 0.6) is 5.75 Å². The van der Waals surface area contributed by atoms with Crippen molar-refractivity contribution in [1.29, 1.82) is 0 Å². The summed E-state index contributed by atoms with van der Waals surface area (Å²) in [4.78, 5) is 4.06. The largest absolute Gasteiger partial charge is 0.493 e. The zero-order chi connectivity index (χ0) is 14.7. The van der Waals surface area contributed by atoms with Gasteiger partial charge in [-0.15, -0.1) is 0 Å². The smallest absolute Gasteiger partial charge is 0.124 e. The quantitative estimate of drug-likeness (QED) is 0.858. The van der Waals surface area contributed by atoms with Crippen LogP contribution in [0.2, 0.25) is 0 Å². The average Bonchev–Trinajstić information content (AvgIpc) is 2.98. The number of ether oxygens (including phenoxy) is 1. The maximum atomic E-state index is 5.80. The average molecular weight is 285 g/mol. The number of hydrogen-bond acceptors (Lipinski definition) is 3. The lowest BCUT2D eigenvalue weighted by Gasteiger charge is -2.28. The van der Waals surface area contributed by atoms with Gasteiger partial charge in [0, 0.05) is 37.0 Å². The molecule has 21 heavy (non-hydrogen) atoms. The highest BCUT2D eigenvalue weighted by Gasteiger charge is 2.21. The molecule has 1 aromatic carbocycles. The Kier molecular flexibility index (Phi) is 4.25. The molecule has 0 amide bonds.